The highest BCUT2D eigenvalue weighted by Crippen LogP contribution is 2.22. The Kier molecular flexibility index (Phi) is 3.04. The first-order valence-electron chi connectivity index (χ1n) is 6.21. The van der Waals surface area contributed by atoms with Crippen LogP contribution in [0, 0.1) is 0 Å². The van der Waals surface area contributed by atoms with E-state index < -0.39 is 5.97 Å². The number of carboxylic acids is 1. The fourth-order valence-electron chi connectivity index (χ4n) is 2.42. The molecule has 1 aliphatic heterocycles. The first-order chi connectivity index (χ1) is 9.24. The number of piperazine rings is 1. The quantitative estimate of drug-likeness (QED) is 0.819. The highest BCUT2D eigenvalue weighted by molar-refractivity contribution is 5.87. The summed E-state index contributed by atoms with van der Waals surface area (Å²) in [6, 6.07) is 1.97. The van der Waals surface area contributed by atoms with E-state index in [1.165, 1.54) is 0 Å². The monoisotopic (exact) mass is 261 g/mol. The normalized spacial score (nSPS) is 16.9. The van der Waals surface area contributed by atoms with E-state index in [1.807, 2.05) is 17.2 Å². The Morgan fingerprint density at radius 3 is 2.84 bits per heavy atom. The highest BCUT2D eigenvalue weighted by Gasteiger charge is 2.21. The van der Waals surface area contributed by atoms with Crippen molar-refractivity contribution < 1.29 is 9.90 Å². The molecule has 0 bridgehead atoms. The molecule has 2 aromatic heterocycles. The van der Waals surface area contributed by atoms with Crippen LogP contribution >= 0.6 is 0 Å². The molecule has 1 fully saturated rings. The minimum Gasteiger partial charge on any atom is -0.480 e. The van der Waals surface area contributed by atoms with Crippen LogP contribution in [0.1, 0.15) is 0 Å². The standard InChI is InChI=1S/C12H15N5O2/c18-10(19)7-16-3-5-17(6-4-16)12-9-1-2-13-11(9)14-8-15-12/h1-2,8H,3-7H2,(H,18,19)(H,13,14,15). The van der Waals surface area contributed by atoms with Crippen LogP contribution in [-0.4, -0.2) is 63.7 Å². The fourth-order valence-corrected chi connectivity index (χ4v) is 2.42. The van der Waals surface area contributed by atoms with Gasteiger partial charge in [-0.1, -0.05) is 0 Å². The molecule has 0 amide bonds. The SMILES string of the molecule is O=C(O)CN1CCN(c2ncnc3[nH]ccc23)CC1. The van der Waals surface area contributed by atoms with Crippen molar-refractivity contribution >= 4 is 22.8 Å². The highest BCUT2D eigenvalue weighted by atomic mass is 16.4. The van der Waals surface area contributed by atoms with Crippen LogP contribution in [0.15, 0.2) is 18.6 Å². The molecule has 0 aromatic carbocycles. The Balaban J connectivity index is 1.75. The van der Waals surface area contributed by atoms with Crippen molar-refractivity contribution in [3.8, 4) is 0 Å². The molecule has 2 aromatic rings. The summed E-state index contributed by atoms with van der Waals surface area (Å²) in [7, 11) is 0. The predicted molar refractivity (Wildman–Crippen MR) is 70.2 cm³/mol. The fraction of sp³-hybridized carbons (Fsp3) is 0.417. The van der Waals surface area contributed by atoms with Crippen LogP contribution in [0.3, 0.4) is 0 Å². The lowest BCUT2D eigenvalue weighted by molar-refractivity contribution is -0.138. The minimum atomic E-state index is -0.775. The van der Waals surface area contributed by atoms with Crippen molar-refractivity contribution in [3.05, 3.63) is 18.6 Å². The van der Waals surface area contributed by atoms with Crippen LogP contribution in [-0.2, 0) is 4.79 Å². The molecule has 0 saturated carbocycles. The van der Waals surface area contributed by atoms with E-state index in [-0.39, 0.29) is 6.54 Å². The molecule has 1 saturated heterocycles. The van der Waals surface area contributed by atoms with Gasteiger partial charge in [-0.05, 0) is 6.07 Å². The van der Waals surface area contributed by atoms with Gasteiger partial charge in [0.2, 0.25) is 0 Å². The zero-order valence-electron chi connectivity index (χ0n) is 10.4. The van der Waals surface area contributed by atoms with Crippen molar-refractivity contribution in [1.29, 1.82) is 0 Å². The number of aliphatic carboxylic acids is 1. The number of carbonyl (C=O) groups is 1. The number of nitrogens with one attached hydrogen (secondary N) is 1. The summed E-state index contributed by atoms with van der Waals surface area (Å²) >= 11 is 0. The summed E-state index contributed by atoms with van der Waals surface area (Å²) in [6.07, 6.45) is 3.40. The third-order valence-electron chi connectivity index (χ3n) is 3.36. The van der Waals surface area contributed by atoms with E-state index in [4.69, 9.17) is 5.11 Å². The van der Waals surface area contributed by atoms with Crippen LogP contribution in [0.25, 0.3) is 11.0 Å². The number of hydrogen-bond donors (Lipinski definition) is 2. The summed E-state index contributed by atoms with van der Waals surface area (Å²) in [5.74, 6) is 0.143. The Hall–Kier alpha value is -2.15. The van der Waals surface area contributed by atoms with E-state index >= 15 is 0 Å². The summed E-state index contributed by atoms with van der Waals surface area (Å²) in [6.45, 7) is 3.15. The molecule has 3 heterocycles. The van der Waals surface area contributed by atoms with Crippen molar-refractivity contribution in [1.82, 2.24) is 19.9 Å². The summed E-state index contributed by atoms with van der Waals surface area (Å²) in [5.41, 5.74) is 0.831. The molecule has 0 unspecified atom stereocenters. The second-order valence-corrected chi connectivity index (χ2v) is 4.59. The average Bonchev–Trinajstić information content (AvgIpc) is 2.87. The van der Waals surface area contributed by atoms with Crippen LogP contribution < -0.4 is 4.90 Å². The van der Waals surface area contributed by atoms with Gasteiger partial charge >= 0.3 is 5.97 Å². The average molecular weight is 261 g/mol. The van der Waals surface area contributed by atoms with Crippen molar-refractivity contribution in [2.45, 2.75) is 0 Å². The maximum absolute atomic E-state index is 10.7. The Bertz CT molecular complexity index is 589. The first kappa shape index (κ1) is 11.9. The number of aromatic nitrogens is 3. The number of hydrogen-bond acceptors (Lipinski definition) is 5. The van der Waals surface area contributed by atoms with Crippen LogP contribution in [0.2, 0.25) is 0 Å². The summed E-state index contributed by atoms with van der Waals surface area (Å²) < 4.78 is 0. The molecule has 0 atom stereocenters. The van der Waals surface area contributed by atoms with Crippen molar-refractivity contribution in [2.75, 3.05) is 37.6 Å². The third kappa shape index (κ3) is 2.37. The predicted octanol–water partition coefficient (Wildman–Crippen LogP) is 0.164. The van der Waals surface area contributed by atoms with Crippen molar-refractivity contribution in [2.24, 2.45) is 0 Å². The largest absolute Gasteiger partial charge is 0.480 e. The molecule has 0 radical (unpaired) electrons. The van der Waals surface area contributed by atoms with Crippen molar-refractivity contribution in [3.63, 3.8) is 0 Å². The van der Waals surface area contributed by atoms with E-state index in [0.29, 0.717) is 0 Å². The molecule has 7 heteroatoms. The minimum absolute atomic E-state index is 0.108. The molecule has 1 aliphatic rings. The zero-order chi connectivity index (χ0) is 13.2. The van der Waals surface area contributed by atoms with E-state index in [1.54, 1.807) is 6.33 Å². The maximum atomic E-state index is 10.7. The summed E-state index contributed by atoms with van der Waals surface area (Å²) in [4.78, 5) is 26.4. The zero-order valence-corrected chi connectivity index (χ0v) is 10.4. The van der Waals surface area contributed by atoms with Crippen LogP contribution in [0.5, 0.6) is 0 Å². The van der Waals surface area contributed by atoms with Gasteiger partial charge in [0.05, 0.1) is 11.9 Å². The van der Waals surface area contributed by atoms with E-state index in [9.17, 15) is 4.79 Å². The molecule has 100 valence electrons. The van der Waals surface area contributed by atoms with Gasteiger partial charge in [-0.2, -0.15) is 0 Å². The molecular weight excluding hydrogens is 246 g/mol. The Morgan fingerprint density at radius 1 is 1.32 bits per heavy atom. The maximum Gasteiger partial charge on any atom is 0.317 e. The van der Waals surface area contributed by atoms with Gasteiger partial charge in [-0.3, -0.25) is 9.69 Å². The van der Waals surface area contributed by atoms with Gasteiger partial charge in [0.25, 0.3) is 0 Å². The lowest BCUT2D eigenvalue weighted by Crippen LogP contribution is -2.48. The number of H-pyrrole nitrogens is 1. The van der Waals surface area contributed by atoms with Gasteiger partial charge < -0.3 is 15.0 Å². The number of nitrogens with zero attached hydrogens (tertiary/aromatic N) is 4. The molecular formula is C12H15N5O2. The van der Waals surface area contributed by atoms with E-state index in [2.05, 4.69) is 19.9 Å². The van der Waals surface area contributed by atoms with Gasteiger partial charge in [0.1, 0.15) is 17.8 Å². The first-order valence-corrected chi connectivity index (χ1v) is 6.21. The number of fused-ring (bicyclic) bond motifs is 1. The number of carboxylic acid groups (broad SMARTS) is 1. The second kappa shape index (κ2) is 4.85. The molecule has 7 nitrogen and oxygen atoms in total. The topological polar surface area (TPSA) is 85.3 Å². The Morgan fingerprint density at radius 2 is 2.11 bits per heavy atom. The van der Waals surface area contributed by atoms with Gasteiger partial charge in [0.15, 0.2) is 0 Å². The number of rotatable bonds is 3. The van der Waals surface area contributed by atoms with Gasteiger partial charge in [0, 0.05) is 32.4 Å². The molecule has 0 aliphatic carbocycles. The number of anilines is 1. The Labute approximate surface area is 109 Å². The summed E-state index contributed by atoms with van der Waals surface area (Å²) in [5, 5.41) is 9.79. The van der Waals surface area contributed by atoms with Gasteiger partial charge in [-0.25, -0.2) is 9.97 Å². The smallest absolute Gasteiger partial charge is 0.317 e. The molecule has 19 heavy (non-hydrogen) atoms. The van der Waals surface area contributed by atoms with E-state index in [0.717, 1.165) is 43.0 Å². The second-order valence-electron chi connectivity index (χ2n) is 4.59. The number of aromatic amines is 1. The lowest BCUT2D eigenvalue weighted by Gasteiger charge is -2.34. The lowest BCUT2D eigenvalue weighted by atomic mass is 10.2. The molecule has 3 rings (SSSR count). The van der Waals surface area contributed by atoms with Gasteiger partial charge in [-0.15, -0.1) is 0 Å². The van der Waals surface area contributed by atoms with Crippen LogP contribution in [0.4, 0.5) is 5.82 Å². The molecule has 0 spiro atoms. The molecule has 2 N–H and O–H groups in total. The third-order valence-corrected chi connectivity index (χ3v) is 3.36.